The molecule has 0 fully saturated rings. The van der Waals surface area contributed by atoms with Crippen molar-refractivity contribution in [1.29, 1.82) is 0 Å². The molecule has 0 unspecified atom stereocenters. The molecular formula is C21H22N4O2. The molecule has 0 atom stereocenters. The highest BCUT2D eigenvalue weighted by Gasteiger charge is 2.14. The van der Waals surface area contributed by atoms with Crippen LogP contribution in [-0.2, 0) is 6.54 Å². The first-order valence-corrected chi connectivity index (χ1v) is 8.70. The molecule has 0 spiro atoms. The van der Waals surface area contributed by atoms with Gasteiger partial charge in [-0.1, -0.05) is 12.1 Å². The van der Waals surface area contributed by atoms with Crippen molar-refractivity contribution in [2.45, 2.75) is 20.4 Å². The van der Waals surface area contributed by atoms with Crippen molar-refractivity contribution in [3.05, 3.63) is 70.5 Å². The van der Waals surface area contributed by atoms with Gasteiger partial charge in [0.2, 0.25) is 0 Å². The van der Waals surface area contributed by atoms with Crippen molar-refractivity contribution in [3.63, 3.8) is 0 Å². The van der Waals surface area contributed by atoms with E-state index in [2.05, 4.69) is 15.3 Å². The van der Waals surface area contributed by atoms with Crippen LogP contribution >= 0.6 is 0 Å². The molecule has 1 aromatic heterocycles. The highest BCUT2D eigenvalue weighted by molar-refractivity contribution is 5.97. The molecule has 3 rings (SSSR count). The van der Waals surface area contributed by atoms with Crippen LogP contribution in [0.25, 0.3) is 11.0 Å². The SMILES string of the molecule is CNC(=O)c1ccc(CN(C)C(=O)c2ccc3nc(C)c(C)nc3c2)cc1. The van der Waals surface area contributed by atoms with Gasteiger partial charge in [0.15, 0.2) is 0 Å². The summed E-state index contributed by atoms with van der Waals surface area (Å²) in [7, 11) is 3.35. The van der Waals surface area contributed by atoms with E-state index in [0.717, 1.165) is 22.5 Å². The number of benzene rings is 2. The molecule has 2 amide bonds. The van der Waals surface area contributed by atoms with Crippen LogP contribution in [0.5, 0.6) is 0 Å². The zero-order valence-corrected chi connectivity index (χ0v) is 15.9. The van der Waals surface area contributed by atoms with E-state index in [1.54, 1.807) is 43.3 Å². The van der Waals surface area contributed by atoms with Crippen LogP contribution < -0.4 is 5.32 Å². The van der Waals surface area contributed by atoms with Crippen molar-refractivity contribution < 1.29 is 9.59 Å². The number of amides is 2. The predicted octanol–water partition coefficient (Wildman–Crippen LogP) is 2.88. The first-order valence-electron chi connectivity index (χ1n) is 8.70. The zero-order chi connectivity index (χ0) is 19.6. The number of hydrogen-bond donors (Lipinski definition) is 1. The van der Waals surface area contributed by atoms with Crippen molar-refractivity contribution in [1.82, 2.24) is 20.2 Å². The van der Waals surface area contributed by atoms with Gasteiger partial charge >= 0.3 is 0 Å². The number of aromatic nitrogens is 2. The molecule has 0 saturated heterocycles. The number of aryl methyl sites for hydroxylation is 2. The summed E-state index contributed by atoms with van der Waals surface area (Å²) in [6, 6.07) is 12.6. The van der Waals surface area contributed by atoms with Crippen LogP contribution in [0.1, 0.15) is 37.7 Å². The molecule has 27 heavy (non-hydrogen) atoms. The molecule has 0 radical (unpaired) electrons. The Morgan fingerprint density at radius 2 is 1.52 bits per heavy atom. The normalized spacial score (nSPS) is 10.7. The zero-order valence-electron chi connectivity index (χ0n) is 15.9. The average molecular weight is 362 g/mol. The summed E-state index contributed by atoms with van der Waals surface area (Å²) in [5.41, 5.74) is 5.36. The van der Waals surface area contributed by atoms with Gasteiger partial charge in [0.25, 0.3) is 11.8 Å². The maximum atomic E-state index is 12.8. The lowest BCUT2D eigenvalue weighted by atomic mass is 10.1. The summed E-state index contributed by atoms with van der Waals surface area (Å²) in [6.45, 7) is 4.28. The molecule has 0 saturated carbocycles. The van der Waals surface area contributed by atoms with Gasteiger partial charge in [-0.05, 0) is 49.7 Å². The molecule has 6 heteroatoms. The molecule has 1 N–H and O–H groups in total. The number of fused-ring (bicyclic) bond motifs is 1. The number of carbonyl (C=O) groups excluding carboxylic acids is 2. The van der Waals surface area contributed by atoms with Crippen LogP contribution in [0, 0.1) is 13.8 Å². The lowest BCUT2D eigenvalue weighted by Crippen LogP contribution is -2.26. The van der Waals surface area contributed by atoms with E-state index >= 15 is 0 Å². The van der Waals surface area contributed by atoms with Gasteiger partial charge in [0.1, 0.15) is 0 Å². The van der Waals surface area contributed by atoms with Crippen molar-refractivity contribution in [2.75, 3.05) is 14.1 Å². The molecule has 3 aromatic rings. The lowest BCUT2D eigenvalue weighted by molar-refractivity contribution is 0.0784. The summed E-state index contributed by atoms with van der Waals surface area (Å²) < 4.78 is 0. The van der Waals surface area contributed by atoms with Gasteiger partial charge in [-0.15, -0.1) is 0 Å². The molecule has 0 aliphatic rings. The number of carbonyl (C=O) groups is 2. The monoisotopic (exact) mass is 362 g/mol. The Morgan fingerprint density at radius 3 is 2.15 bits per heavy atom. The summed E-state index contributed by atoms with van der Waals surface area (Å²) in [4.78, 5) is 35.1. The van der Waals surface area contributed by atoms with E-state index in [0.29, 0.717) is 23.2 Å². The first-order chi connectivity index (χ1) is 12.9. The minimum Gasteiger partial charge on any atom is -0.355 e. The van der Waals surface area contributed by atoms with Gasteiger partial charge in [0, 0.05) is 31.8 Å². The quantitative estimate of drug-likeness (QED) is 0.774. The van der Waals surface area contributed by atoms with E-state index in [1.807, 2.05) is 32.0 Å². The van der Waals surface area contributed by atoms with E-state index in [9.17, 15) is 9.59 Å². The van der Waals surface area contributed by atoms with Crippen LogP contribution in [0.3, 0.4) is 0 Å². The van der Waals surface area contributed by atoms with E-state index in [4.69, 9.17) is 0 Å². The van der Waals surface area contributed by atoms with Gasteiger partial charge < -0.3 is 10.2 Å². The van der Waals surface area contributed by atoms with Gasteiger partial charge in [-0.2, -0.15) is 0 Å². The number of hydrogen-bond acceptors (Lipinski definition) is 4. The number of rotatable bonds is 4. The van der Waals surface area contributed by atoms with E-state index in [-0.39, 0.29) is 11.8 Å². The molecule has 0 bridgehead atoms. The smallest absolute Gasteiger partial charge is 0.253 e. The third kappa shape index (κ3) is 3.95. The Morgan fingerprint density at radius 1 is 0.926 bits per heavy atom. The second-order valence-electron chi connectivity index (χ2n) is 6.54. The Kier molecular flexibility index (Phi) is 5.16. The summed E-state index contributed by atoms with van der Waals surface area (Å²) in [5.74, 6) is -0.221. The van der Waals surface area contributed by atoms with Crippen molar-refractivity contribution in [2.24, 2.45) is 0 Å². The molecule has 6 nitrogen and oxygen atoms in total. The highest BCUT2D eigenvalue weighted by atomic mass is 16.2. The fourth-order valence-electron chi connectivity index (χ4n) is 2.84. The third-order valence-corrected chi connectivity index (χ3v) is 4.53. The van der Waals surface area contributed by atoms with Gasteiger partial charge in [-0.3, -0.25) is 9.59 Å². The number of nitrogens with zero attached hydrogens (tertiary/aromatic N) is 3. The number of nitrogens with one attached hydrogen (secondary N) is 1. The Hall–Kier alpha value is -3.28. The Balaban J connectivity index is 1.77. The molecule has 1 heterocycles. The molecule has 0 aliphatic heterocycles. The summed E-state index contributed by atoms with van der Waals surface area (Å²) in [5, 5.41) is 2.59. The van der Waals surface area contributed by atoms with Crippen LogP contribution in [-0.4, -0.2) is 40.8 Å². The topological polar surface area (TPSA) is 75.2 Å². The van der Waals surface area contributed by atoms with Gasteiger partial charge in [0.05, 0.1) is 22.4 Å². The van der Waals surface area contributed by atoms with Crippen LogP contribution in [0.2, 0.25) is 0 Å². The van der Waals surface area contributed by atoms with Gasteiger partial charge in [-0.25, -0.2) is 9.97 Å². The summed E-state index contributed by atoms with van der Waals surface area (Å²) >= 11 is 0. The minimum absolute atomic E-state index is 0.0905. The average Bonchev–Trinajstić information content (AvgIpc) is 2.68. The minimum atomic E-state index is -0.131. The van der Waals surface area contributed by atoms with Crippen LogP contribution in [0.4, 0.5) is 0 Å². The molecule has 0 aliphatic carbocycles. The van der Waals surface area contributed by atoms with E-state index < -0.39 is 0 Å². The predicted molar refractivity (Wildman–Crippen MR) is 105 cm³/mol. The highest BCUT2D eigenvalue weighted by Crippen LogP contribution is 2.16. The maximum absolute atomic E-state index is 12.8. The second-order valence-corrected chi connectivity index (χ2v) is 6.54. The van der Waals surface area contributed by atoms with Crippen LogP contribution in [0.15, 0.2) is 42.5 Å². The van der Waals surface area contributed by atoms with E-state index in [1.165, 1.54) is 0 Å². The second kappa shape index (κ2) is 7.53. The molecular weight excluding hydrogens is 340 g/mol. The standard InChI is InChI=1S/C21H22N4O2/c1-13-14(2)24-19-11-17(9-10-18(19)23-13)21(27)25(4)12-15-5-7-16(8-6-15)20(26)22-3/h5-11H,12H2,1-4H3,(H,22,26). The van der Waals surface area contributed by atoms with Crippen molar-refractivity contribution in [3.8, 4) is 0 Å². The van der Waals surface area contributed by atoms with Crippen molar-refractivity contribution >= 4 is 22.8 Å². The molecule has 138 valence electrons. The lowest BCUT2D eigenvalue weighted by Gasteiger charge is -2.18. The molecule has 2 aromatic carbocycles. The third-order valence-electron chi connectivity index (χ3n) is 4.53. The fraction of sp³-hybridized carbons (Fsp3) is 0.238. The largest absolute Gasteiger partial charge is 0.355 e. The Labute approximate surface area is 158 Å². The summed E-state index contributed by atoms with van der Waals surface area (Å²) in [6.07, 6.45) is 0. The fourth-order valence-corrected chi connectivity index (χ4v) is 2.84. The Bertz CT molecular complexity index is 1010. The maximum Gasteiger partial charge on any atom is 0.253 e. The first kappa shape index (κ1) is 18.5.